The lowest BCUT2D eigenvalue weighted by atomic mass is 9.86. The van der Waals surface area contributed by atoms with E-state index in [1.54, 1.807) is 0 Å². The summed E-state index contributed by atoms with van der Waals surface area (Å²) in [7, 11) is 0. The maximum Gasteiger partial charge on any atom is 0.123 e. The van der Waals surface area contributed by atoms with Gasteiger partial charge in [0.2, 0.25) is 0 Å². The van der Waals surface area contributed by atoms with E-state index in [9.17, 15) is 0 Å². The van der Waals surface area contributed by atoms with Gasteiger partial charge in [0.15, 0.2) is 0 Å². The molecule has 0 spiro atoms. The molecule has 0 saturated heterocycles. The number of nitrogens with two attached hydrogens (primary N) is 1. The predicted molar refractivity (Wildman–Crippen MR) is 76.0 cm³/mol. The summed E-state index contributed by atoms with van der Waals surface area (Å²) in [6.07, 6.45) is 3.89. The van der Waals surface area contributed by atoms with Crippen molar-refractivity contribution in [2.45, 2.75) is 51.6 Å². The molecule has 1 aromatic carbocycles. The largest absolute Gasteiger partial charge is 0.490 e. The van der Waals surface area contributed by atoms with Gasteiger partial charge in [0.25, 0.3) is 0 Å². The predicted octanol–water partition coefficient (Wildman–Crippen LogP) is 3.49. The Morgan fingerprint density at radius 1 is 1.22 bits per heavy atom. The Labute approximate surface area is 111 Å². The second-order valence-electron chi connectivity index (χ2n) is 6.33. The number of ether oxygens (including phenoxy) is 1. The van der Waals surface area contributed by atoms with Gasteiger partial charge >= 0.3 is 0 Å². The van der Waals surface area contributed by atoms with Crippen LogP contribution in [0.4, 0.5) is 0 Å². The SMILES string of the molecule is CC(C)(C)c1ccccc1OC1CCCC1CN. The van der Waals surface area contributed by atoms with E-state index in [0.29, 0.717) is 12.0 Å². The molecule has 1 aliphatic rings. The van der Waals surface area contributed by atoms with E-state index in [2.05, 4.69) is 45.0 Å². The first-order valence-corrected chi connectivity index (χ1v) is 6.98. The Kier molecular flexibility index (Phi) is 3.96. The molecule has 2 heteroatoms. The fraction of sp³-hybridized carbons (Fsp3) is 0.625. The van der Waals surface area contributed by atoms with Crippen LogP contribution in [0.1, 0.15) is 45.6 Å². The number of hydrogen-bond donors (Lipinski definition) is 1. The van der Waals surface area contributed by atoms with Gasteiger partial charge in [-0.25, -0.2) is 0 Å². The topological polar surface area (TPSA) is 35.2 Å². The summed E-state index contributed by atoms with van der Waals surface area (Å²) in [4.78, 5) is 0. The van der Waals surface area contributed by atoms with Crippen molar-refractivity contribution in [1.82, 2.24) is 0 Å². The van der Waals surface area contributed by atoms with Crippen LogP contribution in [0.2, 0.25) is 0 Å². The van der Waals surface area contributed by atoms with E-state index < -0.39 is 0 Å². The highest BCUT2D eigenvalue weighted by Crippen LogP contribution is 2.35. The number of rotatable bonds is 3. The normalized spacial score (nSPS) is 24.2. The Balaban J connectivity index is 2.19. The smallest absolute Gasteiger partial charge is 0.123 e. The van der Waals surface area contributed by atoms with Gasteiger partial charge in [0, 0.05) is 5.92 Å². The molecule has 1 aromatic rings. The second kappa shape index (κ2) is 5.31. The van der Waals surface area contributed by atoms with E-state index in [-0.39, 0.29) is 5.41 Å². The average molecular weight is 247 g/mol. The van der Waals surface area contributed by atoms with E-state index >= 15 is 0 Å². The van der Waals surface area contributed by atoms with Crippen LogP contribution in [-0.2, 0) is 5.41 Å². The van der Waals surface area contributed by atoms with Gasteiger partial charge in [-0.05, 0) is 42.9 Å². The molecule has 2 atom stereocenters. The van der Waals surface area contributed by atoms with Crippen molar-refractivity contribution >= 4 is 0 Å². The molecular formula is C16H25NO. The zero-order chi connectivity index (χ0) is 13.2. The minimum atomic E-state index is 0.118. The minimum Gasteiger partial charge on any atom is -0.490 e. The molecule has 0 radical (unpaired) electrons. The summed E-state index contributed by atoms with van der Waals surface area (Å²) >= 11 is 0. The fourth-order valence-corrected chi connectivity index (χ4v) is 2.78. The zero-order valence-corrected chi connectivity index (χ0v) is 11.8. The summed E-state index contributed by atoms with van der Waals surface area (Å²) in [5.74, 6) is 1.56. The highest BCUT2D eigenvalue weighted by atomic mass is 16.5. The Morgan fingerprint density at radius 2 is 1.94 bits per heavy atom. The lowest BCUT2D eigenvalue weighted by Gasteiger charge is -2.26. The van der Waals surface area contributed by atoms with Crippen LogP contribution >= 0.6 is 0 Å². The van der Waals surface area contributed by atoms with E-state index in [4.69, 9.17) is 10.5 Å². The zero-order valence-electron chi connectivity index (χ0n) is 11.8. The van der Waals surface area contributed by atoms with Crippen LogP contribution in [0.15, 0.2) is 24.3 Å². The first-order chi connectivity index (χ1) is 8.52. The van der Waals surface area contributed by atoms with Gasteiger partial charge in [-0.1, -0.05) is 39.0 Å². The maximum atomic E-state index is 6.26. The fourth-order valence-electron chi connectivity index (χ4n) is 2.78. The van der Waals surface area contributed by atoms with Crippen molar-refractivity contribution < 1.29 is 4.74 Å². The Bertz CT molecular complexity index is 394. The molecule has 18 heavy (non-hydrogen) atoms. The third-order valence-corrected chi connectivity index (χ3v) is 3.87. The van der Waals surface area contributed by atoms with E-state index in [1.165, 1.54) is 18.4 Å². The molecule has 2 rings (SSSR count). The van der Waals surface area contributed by atoms with Crippen molar-refractivity contribution in [2.75, 3.05) is 6.54 Å². The molecule has 2 unspecified atom stereocenters. The first-order valence-electron chi connectivity index (χ1n) is 6.98. The standard InChI is InChI=1S/C16H25NO/c1-16(2,3)13-8-4-5-9-15(13)18-14-10-6-7-12(14)11-17/h4-5,8-9,12,14H,6-7,10-11,17H2,1-3H3. The van der Waals surface area contributed by atoms with Crippen LogP contribution in [-0.4, -0.2) is 12.6 Å². The maximum absolute atomic E-state index is 6.26. The van der Waals surface area contributed by atoms with Crippen LogP contribution in [0, 0.1) is 5.92 Å². The summed E-state index contributed by atoms with van der Waals surface area (Å²) in [6, 6.07) is 8.40. The summed E-state index contributed by atoms with van der Waals surface area (Å²) in [6.45, 7) is 7.42. The first kappa shape index (κ1) is 13.4. The number of para-hydroxylation sites is 1. The Hall–Kier alpha value is -1.02. The molecule has 0 aliphatic heterocycles. The van der Waals surface area contributed by atoms with Gasteiger partial charge in [-0.15, -0.1) is 0 Å². The summed E-state index contributed by atoms with van der Waals surface area (Å²) < 4.78 is 6.26. The Morgan fingerprint density at radius 3 is 2.61 bits per heavy atom. The van der Waals surface area contributed by atoms with E-state index in [0.717, 1.165) is 18.7 Å². The minimum absolute atomic E-state index is 0.118. The van der Waals surface area contributed by atoms with Gasteiger partial charge in [-0.3, -0.25) is 0 Å². The number of benzene rings is 1. The van der Waals surface area contributed by atoms with Crippen LogP contribution in [0.25, 0.3) is 0 Å². The molecule has 0 heterocycles. The molecule has 0 bridgehead atoms. The molecule has 2 N–H and O–H groups in total. The lowest BCUT2D eigenvalue weighted by molar-refractivity contribution is 0.159. The van der Waals surface area contributed by atoms with Crippen LogP contribution in [0.5, 0.6) is 5.75 Å². The molecule has 1 saturated carbocycles. The average Bonchev–Trinajstić information content (AvgIpc) is 2.75. The molecule has 1 fully saturated rings. The van der Waals surface area contributed by atoms with Crippen molar-refractivity contribution in [3.8, 4) is 5.75 Å². The van der Waals surface area contributed by atoms with Crippen molar-refractivity contribution in [3.05, 3.63) is 29.8 Å². The number of hydrogen-bond acceptors (Lipinski definition) is 2. The van der Waals surface area contributed by atoms with Gasteiger partial charge in [-0.2, -0.15) is 0 Å². The van der Waals surface area contributed by atoms with Crippen molar-refractivity contribution in [1.29, 1.82) is 0 Å². The van der Waals surface area contributed by atoms with Gasteiger partial charge in [0.1, 0.15) is 11.9 Å². The monoisotopic (exact) mass is 247 g/mol. The summed E-state index contributed by atoms with van der Waals surface area (Å²) in [5.41, 5.74) is 7.23. The molecule has 100 valence electrons. The highest BCUT2D eigenvalue weighted by Gasteiger charge is 2.29. The third kappa shape index (κ3) is 2.86. The molecule has 0 aromatic heterocycles. The molecule has 2 nitrogen and oxygen atoms in total. The second-order valence-corrected chi connectivity index (χ2v) is 6.33. The lowest BCUT2D eigenvalue weighted by Crippen LogP contribution is -2.28. The van der Waals surface area contributed by atoms with E-state index in [1.807, 2.05) is 0 Å². The molecule has 1 aliphatic carbocycles. The third-order valence-electron chi connectivity index (χ3n) is 3.87. The quantitative estimate of drug-likeness (QED) is 0.887. The van der Waals surface area contributed by atoms with Gasteiger partial charge < -0.3 is 10.5 Å². The van der Waals surface area contributed by atoms with Crippen molar-refractivity contribution in [2.24, 2.45) is 11.7 Å². The highest BCUT2D eigenvalue weighted by molar-refractivity contribution is 5.38. The molecule has 0 amide bonds. The summed E-state index contributed by atoms with van der Waals surface area (Å²) in [5, 5.41) is 0. The van der Waals surface area contributed by atoms with Gasteiger partial charge in [0.05, 0.1) is 0 Å². The van der Waals surface area contributed by atoms with Crippen molar-refractivity contribution in [3.63, 3.8) is 0 Å². The van der Waals surface area contributed by atoms with Crippen LogP contribution < -0.4 is 10.5 Å². The van der Waals surface area contributed by atoms with Crippen LogP contribution in [0.3, 0.4) is 0 Å². The molecular weight excluding hydrogens is 222 g/mol.